The Morgan fingerprint density at radius 3 is 2.04 bits per heavy atom. The summed E-state index contributed by atoms with van der Waals surface area (Å²) in [6, 6.07) is 26.6. The van der Waals surface area contributed by atoms with Crippen molar-refractivity contribution in [3.05, 3.63) is 90.5 Å². The number of anilines is 2. The summed E-state index contributed by atoms with van der Waals surface area (Å²) in [5, 5.41) is 12.9. The Kier molecular flexibility index (Phi) is 4.94. The molecule has 0 fully saturated rings. The van der Waals surface area contributed by atoms with Gasteiger partial charge in [0.05, 0.1) is 11.4 Å². The number of nitrogens with two attached hydrogens (primary N) is 1. The molecule has 0 aliphatic heterocycles. The van der Waals surface area contributed by atoms with E-state index in [1.165, 1.54) is 0 Å². The minimum atomic E-state index is 0.497. The van der Waals surface area contributed by atoms with Gasteiger partial charge in [-0.1, -0.05) is 48.5 Å². The Hall–Kier alpha value is -3.47. The van der Waals surface area contributed by atoms with Crippen molar-refractivity contribution in [1.29, 1.82) is 0 Å². The molecule has 0 spiro atoms. The number of benzene rings is 3. The van der Waals surface area contributed by atoms with Crippen molar-refractivity contribution in [2.45, 2.75) is 0 Å². The highest BCUT2D eigenvalue weighted by atomic mass is 15.3. The number of nitrogen functional groups attached to an aromatic ring is 1. The molecule has 0 aromatic heterocycles. The molecule has 5 nitrogen and oxygen atoms in total. The van der Waals surface area contributed by atoms with Gasteiger partial charge >= 0.3 is 0 Å². The minimum Gasteiger partial charge on any atom is -0.399 e. The topological polar surface area (TPSA) is 75.1 Å². The monoisotopic (exact) mass is 315 g/mol. The van der Waals surface area contributed by atoms with Gasteiger partial charge < -0.3 is 5.73 Å². The lowest BCUT2D eigenvalue weighted by atomic mass is 10.2. The van der Waals surface area contributed by atoms with Gasteiger partial charge in [0, 0.05) is 11.3 Å². The van der Waals surface area contributed by atoms with Crippen LogP contribution < -0.4 is 11.2 Å². The van der Waals surface area contributed by atoms with Crippen LogP contribution in [-0.2, 0) is 0 Å². The highest BCUT2D eigenvalue weighted by Crippen LogP contribution is 2.16. The summed E-state index contributed by atoms with van der Waals surface area (Å²) in [5.74, 6) is 0.497. The van der Waals surface area contributed by atoms with Gasteiger partial charge in [-0.2, -0.15) is 5.10 Å². The first kappa shape index (κ1) is 15.4. The van der Waals surface area contributed by atoms with E-state index in [1.54, 1.807) is 12.1 Å². The van der Waals surface area contributed by atoms with Gasteiger partial charge in [-0.25, -0.2) is 0 Å². The Labute approximate surface area is 140 Å². The molecule has 3 aromatic carbocycles. The van der Waals surface area contributed by atoms with E-state index in [4.69, 9.17) is 5.73 Å². The summed E-state index contributed by atoms with van der Waals surface area (Å²) in [6.45, 7) is 0. The molecular formula is C19H17N5. The van der Waals surface area contributed by atoms with Crippen LogP contribution in [0.4, 0.5) is 17.1 Å². The number of amidine groups is 1. The van der Waals surface area contributed by atoms with Crippen LogP contribution in [0, 0.1) is 0 Å². The lowest BCUT2D eigenvalue weighted by Crippen LogP contribution is -2.00. The second-order valence-electron chi connectivity index (χ2n) is 5.07. The molecule has 0 amide bonds. The van der Waals surface area contributed by atoms with Crippen molar-refractivity contribution in [2.24, 2.45) is 15.3 Å². The molecule has 0 aliphatic carbocycles. The lowest BCUT2D eigenvalue weighted by molar-refractivity contribution is 1.22. The molecule has 0 unspecified atom stereocenters. The lowest BCUT2D eigenvalue weighted by Gasteiger charge is -2.03. The normalized spacial score (nSPS) is 11.6. The maximum absolute atomic E-state index is 5.68. The fourth-order valence-corrected chi connectivity index (χ4v) is 2.01. The summed E-state index contributed by atoms with van der Waals surface area (Å²) in [4.78, 5) is 0. The largest absolute Gasteiger partial charge is 0.399 e. The van der Waals surface area contributed by atoms with E-state index in [0.29, 0.717) is 17.2 Å². The van der Waals surface area contributed by atoms with Gasteiger partial charge in [0.25, 0.3) is 0 Å². The average Bonchev–Trinajstić information content (AvgIpc) is 2.65. The standard InChI is InChI=1S/C19H17N5/c20-16-11-13-18(14-12-16)22-24-19(15-7-3-1-4-8-15)23-21-17-9-5-2-6-10-17/h1-14,21H,20H2/b23-19-,24-22?. The Morgan fingerprint density at radius 2 is 1.38 bits per heavy atom. The molecule has 0 heterocycles. The van der Waals surface area contributed by atoms with Crippen LogP contribution in [0.15, 0.2) is 100 Å². The van der Waals surface area contributed by atoms with Crippen LogP contribution in [0.5, 0.6) is 0 Å². The summed E-state index contributed by atoms with van der Waals surface area (Å²) in [6.07, 6.45) is 0. The third-order valence-electron chi connectivity index (χ3n) is 3.25. The Balaban J connectivity index is 1.86. The number of hydrogen-bond acceptors (Lipinski definition) is 4. The molecule has 118 valence electrons. The summed E-state index contributed by atoms with van der Waals surface area (Å²) < 4.78 is 0. The third-order valence-corrected chi connectivity index (χ3v) is 3.25. The highest BCUT2D eigenvalue weighted by molar-refractivity contribution is 5.99. The Morgan fingerprint density at radius 1 is 0.750 bits per heavy atom. The van der Waals surface area contributed by atoms with E-state index in [9.17, 15) is 0 Å². The number of azo groups is 1. The van der Waals surface area contributed by atoms with Crippen molar-refractivity contribution >= 4 is 22.9 Å². The maximum atomic E-state index is 5.68. The van der Waals surface area contributed by atoms with Gasteiger partial charge in [-0.05, 0) is 36.4 Å². The van der Waals surface area contributed by atoms with E-state index in [1.807, 2.05) is 72.8 Å². The number of rotatable bonds is 4. The first-order valence-corrected chi connectivity index (χ1v) is 7.53. The Bertz CT molecular complexity index is 825. The molecule has 3 N–H and O–H groups in total. The fraction of sp³-hybridized carbons (Fsp3) is 0. The van der Waals surface area contributed by atoms with Crippen LogP contribution in [0.2, 0.25) is 0 Å². The highest BCUT2D eigenvalue weighted by Gasteiger charge is 2.02. The summed E-state index contributed by atoms with van der Waals surface area (Å²) in [5.41, 5.74) is 11.8. The smallest absolute Gasteiger partial charge is 0.201 e. The molecule has 0 bridgehead atoms. The zero-order valence-electron chi connectivity index (χ0n) is 13.0. The summed E-state index contributed by atoms with van der Waals surface area (Å²) >= 11 is 0. The zero-order valence-corrected chi connectivity index (χ0v) is 13.0. The molecule has 0 saturated carbocycles. The molecule has 0 aliphatic rings. The SMILES string of the molecule is Nc1ccc(N=N/C(=N\Nc2ccccc2)c2ccccc2)cc1. The fourth-order valence-electron chi connectivity index (χ4n) is 2.01. The molecule has 3 rings (SSSR count). The number of hydrogen-bond donors (Lipinski definition) is 2. The van der Waals surface area contributed by atoms with Gasteiger partial charge in [0.15, 0.2) is 0 Å². The van der Waals surface area contributed by atoms with E-state index < -0.39 is 0 Å². The number of nitrogens with one attached hydrogen (secondary N) is 1. The van der Waals surface area contributed by atoms with Crippen LogP contribution in [0.25, 0.3) is 0 Å². The second-order valence-corrected chi connectivity index (χ2v) is 5.07. The predicted molar refractivity (Wildman–Crippen MR) is 98.4 cm³/mol. The van der Waals surface area contributed by atoms with Crippen LogP contribution in [-0.4, -0.2) is 5.84 Å². The van der Waals surface area contributed by atoms with Crippen molar-refractivity contribution in [3.63, 3.8) is 0 Å². The average molecular weight is 315 g/mol. The van der Waals surface area contributed by atoms with E-state index in [2.05, 4.69) is 20.8 Å². The molecular weight excluding hydrogens is 298 g/mol. The van der Waals surface area contributed by atoms with E-state index in [-0.39, 0.29) is 0 Å². The van der Waals surface area contributed by atoms with E-state index >= 15 is 0 Å². The van der Waals surface area contributed by atoms with Crippen LogP contribution >= 0.6 is 0 Å². The molecule has 24 heavy (non-hydrogen) atoms. The van der Waals surface area contributed by atoms with E-state index in [0.717, 1.165) is 11.3 Å². The second kappa shape index (κ2) is 7.69. The van der Waals surface area contributed by atoms with Crippen molar-refractivity contribution in [1.82, 2.24) is 0 Å². The zero-order chi connectivity index (χ0) is 16.6. The quantitative estimate of drug-likeness (QED) is 0.238. The maximum Gasteiger partial charge on any atom is 0.201 e. The number of nitrogens with zero attached hydrogens (tertiary/aromatic N) is 3. The first-order chi connectivity index (χ1) is 11.8. The molecule has 5 heteroatoms. The van der Waals surface area contributed by atoms with Crippen molar-refractivity contribution in [2.75, 3.05) is 11.2 Å². The van der Waals surface area contributed by atoms with Gasteiger partial charge in [-0.3, -0.25) is 5.43 Å². The number of para-hydroxylation sites is 1. The first-order valence-electron chi connectivity index (χ1n) is 7.53. The molecule has 0 atom stereocenters. The molecule has 0 saturated heterocycles. The third kappa shape index (κ3) is 4.27. The number of hydrazone groups is 1. The minimum absolute atomic E-state index is 0.497. The predicted octanol–water partition coefficient (Wildman–Crippen LogP) is 4.83. The van der Waals surface area contributed by atoms with Gasteiger partial charge in [0.2, 0.25) is 5.84 Å². The van der Waals surface area contributed by atoms with Crippen LogP contribution in [0.1, 0.15) is 5.56 Å². The van der Waals surface area contributed by atoms with Gasteiger partial charge in [0.1, 0.15) is 0 Å². The van der Waals surface area contributed by atoms with Crippen LogP contribution in [0.3, 0.4) is 0 Å². The van der Waals surface area contributed by atoms with Crippen molar-refractivity contribution in [3.8, 4) is 0 Å². The van der Waals surface area contributed by atoms with Gasteiger partial charge in [-0.15, -0.1) is 10.2 Å². The van der Waals surface area contributed by atoms with Crippen molar-refractivity contribution < 1.29 is 0 Å². The molecule has 0 radical (unpaired) electrons. The molecule has 3 aromatic rings. The summed E-state index contributed by atoms with van der Waals surface area (Å²) in [7, 11) is 0.